The van der Waals surface area contributed by atoms with Gasteiger partial charge in [0.05, 0.1) is 18.2 Å². The van der Waals surface area contributed by atoms with E-state index in [1.54, 1.807) is 0 Å². The lowest BCUT2D eigenvalue weighted by molar-refractivity contribution is 0.0666. The van der Waals surface area contributed by atoms with Gasteiger partial charge in [-0.3, -0.25) is 9.69 Å². The number of aryl methyl sites for hydroxylation is 1. The first-order chi connectivity index (χ1) is 13.5. The standard InChI is InChI=1S/C23H25ClN2O2/c1-16-8-9-22-18(11-16)12-19(13-25-10-4-6-20(27)15-25)23(28)26(22)14-17-5-2-3-7-21(17)24/h2-3,5,7-9,11-12,20,27H,4,6,10,13-15H2,1H3/t20-/m0/s1. The van der Waals surface area contributed by atoms with Crippen LogP contribution in [0.1, 0.15) is 29.5 Å². The van der Waals surface area contributed by atoms with Gasteiger partial charge in [0.2, 0.25) is 0 Å². The molecule has 3 aromatic rings. The molecule has 28 heavy (non-hydrogen) atoms. The molecule has 0 aliphatic carbocycles. The highest BCUT2D eigenvalue weighted by atomic mass is 35.5. The molecule has 0 saturated carbocycles. The Morgan fingerprint density at radius 1 is 1.11 bits per heavy atom. The smallest absolute Gasteiger partial charge is 0.255 e. The van der Waals surface area contributed by atoms with Gasteiger partial charge < -0.3 is 9.67 Å². The fourth-order valence-electron chi connectivity index (χ4n) is 4.05. The van der Waals surface area contributed by atoms with Gasteiger partial charge in [0.25, 0.3) is 5.56 Å². The van der Waals surface area contributed by atoms with Crippen LogP contribution in [-0.2, 0) is 13.1 Å². The third-order valence-corrected chi connectivity index (χ3v) is 5.85. The number of fused-ring (bicyclic) bond motifs is 1. The van der Waals surface area contributed by atoms with Gasteiger partial charge in [0.1, 0.15) is 0 Å². The molecule has 1 saturated heterocycles. The molecule has 2 aromatic carbocycles. The lowest BCUT2D eigenvalue weighted by Crippen LogP contribution is -2.39. The quantitative estimate of drug-likeness (QED) is 0.725. The van der Waals surface area contributed by atoms with E-state index in [0.29, 0.717) is 24.7 Å². The Kier molecular flexibility index (Phi) is 5.54. The molecule has 2 heterocycles. The Morgan fingerprint density at radius 3 is 2.71 bits per heavy atom. The largest absolute Gasteiger partial charge is 0.392 e. The van der Waals surface area contributed by atoms with Crippen molar-refractivity contribution in [3.05, 3.63) is 80.6 Å². The molecule has 5 heteroatoms. The maximum absolute atomic E-state index is 13.4. The molecular formula is C23H25ClN2O2. The Morgan fingerprint density at radius 2 is 1.93 bits per heavy atom. The van der Waals surface area contributed by atoms with Gasteiger partial charge >= 0.3 is 0 Å². The average Bonchev–Trinajstić information content (AvgIpc) is 2.66. The first-order valence-corrected chi connectivity index (χ1v) is 10.2. The molecule has 1 aromatic heterocycles. The number of likely N-dealkylation sites (tertiary alicyclic amines) is 1. The zero-order valence-electron chi connectivity index (χ0n) is 16.1. The van der Waals surface area contributed by atoms with Crippen molar-refractivity contribution in [2.45, 2.75) is 39.0 Å². The summed E-state index contributed by atoms with van der Waals surface area (Å²) >= 11 is 6.36. The molecule has 1 N–H and O–H groups in total. The number of aliphatic hydroxyl groups is 1. The predicted octanol–water partition coefficient (Wildman–Crippen LogP) is 3.97. The number of piperidine rings is 1. The molecule has 4 nitrogen and oxygen atoms in total. The molecule has 0 radical (unpaired) electrons. The Hall–Kier alpha value is -2.14. The molecule has 0 unspecified atom stereocenters. The van der Waals surface area contributed by atoms with Gasteiger partial charge in [-0.05, 0) is 61.5 Å². The van der Waals surface area contributed by atoms with E-state index in [-0.39, 0.29) is 11.7 Å². The number of aliphatic hydroxyl groups excluding tert-OH is 1. The molecule has 146 valence electrons. The van der Waals surface area contributed by atoms with Crippen LogP contribution in [0.15, 0.2) is 53.3 Å². The van der Waals surface area contributed by atoms with Gasteiger partial charge in [-0.1, -0.05) is 41.4 Å². The summed E-state index contributed by atoms with van der Waals surface area (Å²) in [6.07, 6.45) is 1.49. The molecule has 4 rings (SSSR count). The zero-order chi connectivity index (χ0) is 19.7. The topological polar surface area (TPSA) is 45.5 Å². The minimum Gasteiger partial charge on any atom is -0.392 e. The summed E-state index contributed by atoms with van der Waals surface area (Å²) in [5, 5.41) is 11.7. The summed E-state index contributed by atoms with van der Waals surface area (Å²) in [6.45, 7) is 4.59. The van der Waals surface area contributed by atoms with Crippen LogP contribution < -0.4 is 5.56 Å². The molecule has 1 aliphatic heterocycles. The van der Waals surface area contributed by atoms with Crippen LogP contribution in [0.5, 0.6) is 0 Å². The number of hydrogen-bond acceptors (Lipinski definition) is 3. The Labute approximate surface area is 170 Å². The predicted molar refractivity (Wildman–Crippen MR) is 114 cm³/mol. The highest BCUT2D eigenvalue weighted by Gasteiger charge is 2.20. The number of benzene rings is 2. The number of halogens is 1. The second kappa shape index (κ2) is 8.08. The summed E-state index contributed by atoms with van der Waals surface area (Å²) < 4.78 is 1.83. The summed E-state index contributed by atoms with van der Waals surface area (Å²) in [4.78, 5) is 15.5. The van der Waals surface area contributed by atoms with Crippen molar-refractivity contribution in [1.82, 2.24) is 9.47 Å². The van der Waals surface area contributed by atoms with Gasteiger partial charge in [0.15, 0.2) is 0 Å². The maximum atomic E-state index is 13.4. The van der Waals surface area contributed by atoms with Crippen molar-refractivity contribution < 1.29 is 5.11 Å². The minimum atomic E-state index is -0.304. The highest BCUT2D eigenvalue weighted by Crippen LogP contribution is 2.21. The van der Waals surface area contributed by atoms with Crippen LogP contribution >= 0.6 is 11.6 Å². The van der Waals surface area contributed by atoms with Crippen molar-refractivity contribution in [3.63, 3.8) is 0 Å². The maximum Gasteiger partial charge on any atom is 0.255 e. The van der Waals surface area contributed by atoms with Gasteiger partial charge in [0, 0.05) is 23.7 Å². The number of pyridine rings is 1. The summed E-state index contributed by atoms with van der Waals surface area (Å²) in [6, 6.07) is 15.8. The van der Waals surface area contributed by atoms with Crippen molar-refractivity contribution in [2.24, 2.45) is 0 Å². The van der Waals surface area contributed by atoms with E-state index in [4.69, 9.17) is 11.6 Å². The molecule has 1 aliphatic rings. The number of β-amino-alcohol motifs (C(OH)–C–C–N with tert-alkyl or cyclic N) is 1. The van der Waals surface area contributed by atoms with Crippen LogP contribution in [0.2, 0.25) is 5.02 Å². The Balaban J connectivity index is 1.79. The van der Waals surface area contributed by atoms with E-state index in [1.807, 2.05) is 47.0 Å². The number of aromatic nitrogens is 1. The van der Waals surface area contributed by atoms with Crippen molar-refractivity contribution in [3.8, 4) is 0 Å². The second-order valence-electron chi connectivity index (χ2n) is 7.75. The third-order valence-electron chi connectivity index (χ3n) is 5.48. The minimum absolute atomic E-state index is 0.0105. The highest BCUT2D eigenvalue weighted by molar-refractivity contribution is 6.31. The SMILES string of the molecule is Cc1ccc2c(c1)cc(CN1CCC[C@H](O)C1)c(=O)n2Cc1ccccc1Cl. The molecule has 0 spiro atoms. The summed E-state index contributed by atoms with van der Waals surface area (Å²) in [5.74, 6) is 0. The van der Waals surface area contributed by atoms with Crippen LogP contribution in [0.3, 0.4) is 0 Å². The monoisotopic (exact) mass is 396 g/mol. The Bertz CT molecular complexity index is 1060. The first-order valence-electron chi connectivity index (χ1n) is 9.78. The van der Waals surface area contributed by atoms with Gasteiger partial charge in [-0.2, -0.15) is 0 Å². The van der Waals surface area contributed by atoms with E-state index in [1.165, 1.54) is 0 Å². The lowest BCUT2D eigenvalue weighted by Gasteiger charge is -2.30. The number of rotatable bonds is 4. The summed E-state index contributed by atoms with van der Waals surface area (Å²) in [5.41, 5.74) is 3.78. The van der Waals surface area contributed by atoms with Crippen LogP contribution in [0.4, 0.5) is 0 Å². The van der Waals surface area contributed by atoms with E-state index in [9.17, 15) is 9.90 Å². The van der Waals surface area contributed by atoms with E-state index in [2.05, 4.69) is 17.9 Å². The third kappa shape index (κ3) is 4.00. The number of hydrogen-bond donors (Lipinski definition) is 1. The summed E-state index contributed by atoms with van der Waals surface area (Å²) in [7, 11) is 0. The second-order valence-corrected chi connectivity index (χ2v) is 8.15. The van der Waals surface area contributed by atoms with E-state index < -0.39 is 0 Å². The van der Waals surface area contributed by atoms with Crippen molar-refractivity contribution >= 4 is 22.5 Å². The fourth-order valence-corrected chi connectivity index (χ4v) is 4.25. The van der Waals surface area contributed by atoms with E-state index >= 15 is 0 Å². The van der Waals surface area contributed by atoms with E-state index in [0.717, 1.165) is 47.0 Å². The number of nitrogens with zero attached hydrogens (tertiary/aromatic N) is 2. The molecule has 0 amide bonds. The first kappa shape index (κ1) is 19.2. The molecule has 1 atom stereocenters. The van der Waals surface area contributed by atoms with Crippen molar-refractivity contribution in [1.29, 1.82) is 0 Å². The van der Waals surface area contributed by atoms with Crippen LogP contribution in [-0.4, -0.2) is 33.8 Å². The normalized spacial score (nSPS) is 17.9. The fraction of sp³-hybridized carbons (Fsp3) is 0.348. The molecule has 0 bridgehead atoms. The molecular weight excluding hydrogens is 372 g/mol. The average molecular weight is 397 g/mol. The van der Waals surface area contributed by atoms with Crippen LogP contribution in [0.25, 0.3) is 10.9 Å². The molecule has 1 fully saturated rings. The van der Waals surface area contributed by atoms with Crippen molar-refractivity contribution in [2.75, 3.05) is 13.1 Å². The lowest BCUT2D eigenvalue weighted by atomic mass is 10.1. The van der Waals surface area contributed by atoms with Gasteiger partial charge in [-0.15, -0.1) is 0 Å². The van der Waals surface area contributed by atoms with Gasteiger partial charge in [-0.25, -0.2) is 0 Å². The zero-order valence-corrected chi connectivity index (χ0v) is 16.8. The van der Waals surface area contributed by atoms with Crippen LogP contribution in [0, 0.1) is 6.92 Å².